The third-order valence-electron chi connectivity index (χ3n) is 9.50. The van der Waals surface area contributed by atoms with Crippen LogP contribution < -0.4 is 0 Å². The Bertz CT molecular complexity index is 1930. The van der Waals surface area contributed by atoms with Crippen molar-refractivity contribution in [1.82, 2.24) is 0 Å². The van der Waals surface area contributed by atoms with Gasteiger partial charge in [0.05, 0.1) is 22.7 Å². The van der Waals surface area contributed by atoms with Crippen molar-refractivity contribution in [3.8, 4) is 0 Å². The summed E-state index contributed by atoms with van der Waals surface area (Å²) in [6.45, 7) is 1.71. The van der Waals surface area contributed by atoms with E-state index in [4.69, 9.17) is 0 Å². The number of Topliss-reactive ketones (excluding diaryl/α,β-unsaturated/α-hetero) is 2. The molecule has 0 heterocycles. The summed E-state index contributed by atoms with van der Waals surface area (Å²) in [5, 5.41) is 4.02. The van der Waals surface area contributed by atoms with Crippen molar-refractivity contribution in [2.24, 2.45) is 11.8 Å². The number of benzene rings is 5. The molecule has 0 radical (unpaired) electrons. The molecular formula is C36H24O3. The van der Waals surface area contributed by atoms with Crippen LogP contribution in [-0.4, -0.2) is 17.3 Å². The lowest BCUT2D eigenvalue weighted by Gasteiger charge is -2.44. The van der Waals surface area contributed by atoms with Crippen molar-refractivity contribution < 1.29 is 14.4 Å². The minimum Gasteiger partial charge on any atom is -0.297 e. The molecule has 0 unspecified atom stereocenters. The third kappa shape index (κ3) is 2.38. The molecule has 3 aliphatic rings. The minimum absolute atomic E-state index is 0.0660. The highest BCUT2D eigenvalue weighted by Crippen LogP contribution is 2.71. The molecule has 2 bridgehead atoms. The van der Waals surface area contributed by atoms with Crippen molar-refractivity contribution in [2.75, 3.05) is 0 Å². The molecule has 186 valence electrons. The largest absolute Gasteiger partial charge is 0.297 e. The van der Waals surface area contributed by atoms with Gasteiger partial charge >= 0.3 is 0 Å². The molecule has 5 aromatic carbocycles. The van der Waals surface area contributed by atoms with Gasteiger partial charge in [-0.1, -0.05) is 109 Å². The molecule has 3 aliphatic carbocycles. The lowest BCUT2D eigenvalue weighted by Crippen LogP contribution is -2.50. The van der Waals surface area contributed by atoms with Crippen molar-refractivity contribution in [3.05, 3.63) is 143 Å². The number of rotatable bonds is 2. The molecule has 0 N–H and O–H groups in total. The Kier molecular flexibility index (Phi) is 4.29. The highest BCUT2D eigenvalue weighted by molar-refractivity contribution is 6.29. The van der Waals surface area contributed by atoms with Gasteiger partial charge in [-0.25, -0.2) is 0 Å². The lowest BCUT2D eigenvalue weighted by atomic mass is 9.55. The molecule has 0 aliphatic heterocycles. The Morgan fingerprint density at radius 3 is 1.41 bits per heavy atom. The smallest absolute Gasteiger partial charge is 0.164 e. The van der Waals surface area contributed by atoms with Crippen LogP contribution in [0.2, 0.25) is 0 Å². The zero-order valence-electron chi connectivity index (χ0n) is 21.3. The molecule has 4 atom stereocenters. The number of allylic oxidation sites excluding steroid dienone is 2. The van der Waals surface area contributed by atoms with Gasteiger partial charge < -0.3 is 0 Å². The van der Waals surface area contributed by atoms with Crippen molar-refractivity contribution >= 4 is 38.9 Å². The van der Waals surface area contributed by atoms with Gasteiger partial charge in [0, 0.05) is 0 Å². The summed E-state index contributed by atoms with van der Waals surface area (Å²) in [5.74, 6) is -1.96. The lowest BCUT2D eigenvalue weighted by molar-refractivity contribution is -0.131. The van der Waals surface area contributed by atoms with Gasteiger partial charge in [0.25, 0.3) is 0 Å². The minimum atomic E-state index is -1.29. The first-order valence-corrected chi connectivity index (χ1v) is 13.4. The number of carbonyl (C=O) groups excluding carboxylic acids is 3. The molecule has 3 heteroatoms. The SMILES string of the molecule is CC1=CC(=O)[C@H]2[C@@H](C1=O)[C@]1(c3ccccc3)C(=O)[C@@]2(c2ccccc2)c2c1c1ccccc1c1ccccc21. The van der Waals surface area contributed by atoms with E-state index >= 15 is 4.79 Å². The summed E-state index contributed by atoms with van der Waals surface area (Å²) >= 11 is 0. The summed E-state index contributed by atoms with van der Waals surface area (Å²) in [6.07, 6.45) is 1.48. The fraction of sp³-hybridized carbons (Fsp3) is 0.139. The molecule has 0 saturated heterocycles. The maximum Gasteiger partial charge on any atom is 0.164 e. The summed E-state index contributed by atoms with van der Waals surface area (Å²) in [6, 6.07) is 35.7. The molecule has 0 amide bonds. The summed E-state index contributed by atoms with van der Waals surface area (Å²) < 4.78 is 0. The topological polar surface area (TPSA) is 51.2 Å². The summed E-state index contributed by atoms with van der Waals surface area (Å²) in [4.78, 5) is 44.0. The number of hydrogen-bond acceptors (Lipinski definition) is 3. The van der Waals surface area contributed by atoms with E-state index in [1.807, 2.05) is 84.9 Å². The fourth-order valence-corrected chi connectivity index (χ4v) is 8.25. The van der Waals surface area contributed by atoms with E-state index in [1.54, 1.807) is 6.92 Å². The van der Waals surface area contributed by atoms with Gasteiger partial charge in [-0.3, -0.25) is 14.4 Å². The zero-order valence-corrected chi connectivity index (χ0v) is 21.3. The van der Waals surface area contributed by atoms with Crippen LogP contribution in [0.4, 0.5) is 0 Å². The average molecular weight is 505 g/mol. The standard InChI is InChI=1S/C36H24O3/c1-21-20-28(37)31-32(33(21)38)36(23-14-6-3-7-15-23)30-27-19-11-9-17-25(27)24-16-8-10-18-26(24)29(30)35(31,34(36)39)22-12-4-2-5-13-22/h2-20,31-32H,1H3/t31-,32-,35-,36+/m0/s1. The maximum atomic E-state index is 15.6. The molecule has 0 aromatic heterocycles. The van der Waals surface area contributed by atoms with Crippen LogP contribution in [0.3, 0.4) is 0 Å². The van der Waals surface area contributed by atoms with E-state index in [9.17, 15) is 9.59 Å². The number of ketones is 3. The number of fused-ring (bicyclic) bond motifs is 13. The molecule has 1 fully saturated rings. The molecule has 1 saturated carbocycles. The number of hydrogen-bond donors (Lipinski definition) is 0. The van der Waals surface area contributed by atoms with Gasteiger partial charge in [0.1, 0.15) is 0 Å². The van der Waals surface area contributed by atoms with Crippen LogP contribution in [0.1, 0.15) is 29.2 Å². The van der Waals surface area contributed by atoms with Gasteiger partial charge in [0.15, 0.2) is 17.3 Å². The molecule has 0 spiro atoms. The molecule has 5 aromatic rings. The Balaban J connectivity index is 1.70. The molecule has 3 nitrogen and oxygen atoms in total. The third-order valence-corrected chi connectivity index (χ3v) is 9.50. The van der Waals surface area contributed by atoms with Crippen molar-refractivity contribution in [1.29, 1.82) is 0 Å². The van der Waals surface area contributed by atoms with Gasteiger partial charge in [0.2, 0.25) is 0 Å². The Morgan fingerprint density at radius 1 is 0.513 bits per heavy atom. The van der Waals surface area contributed by atoms with Gasteiger partial charge in [-0.15, -0.1) is 0 Å². The Labute approximate surface area is 225 Å². The van der Waals surface area contributed by atoms with E-state index in [0.29, 0.717) is 5.57 Å². The molecule has 39 heavy (non-hydrogen) atoms. The summed E-state index contributed by atoms with van der Waals surface area (Å²) in [5.41, 5.74) is 1.16. The van der Waals surface area contributed by atoms with Gasteiger partial charge in [-0.05, 0) is 62.4 Å². The second kappa shape index (κ2) is 7.48. The van der Waals surface area contributed by atoms with E-state index < -0.39 is 22.7 Å². The van der Waals surface area contributed by atoms with Crippen LogP contribution in [-0.2, 0) is 25.2 Å². The highest BCUT2D eigenvalue weighted by atomic mass is 16.2. The zero-order chi connectivity index (χ0) is 26.5. The normalized spacial score (nSPS) is 27.1. The first kappa shape index (κ1) is 22.4. The van der Waals surface area contributed by atoms with E-state index in [1.165, 1.54) is 6.08 Å². The van der Waals surface area contributed by atoms with Crippen molar-refractivity contribution in [3.63, 3.8) is 0 Å². The Morgan fingerprint density at radius 2 is 0.923 bits per heavy atom. The summed E-state index contributed by atoms with van der Waals surface area (Å²) in [7, 11) is 0. The van der Waals surface area contributed by atoms with Crippen LogP contribution >= 0.6 is 0 Å². The van der Waals surface area contributed by atoms with Gasteiger partial charge in [-0.2, -0.15) is 0 Å². The molecule has 8 rings (SSSR count). The first-order chi connectivity index (χ1) is 19.0. The van der Waals surface area contributed by atoms with E-state index in [-0.39, 0.29) is 17.3 Å². The number of carbonyl (C=O) groups is 3. The van der Waals surface area contributed by atoms with Crippen LogP contribution in [0.25, 0.3) is 21.5 Å². The highest BCUT2D eigenvalue weighted by Gasteiger charge is 2.79. The maximum absolute atomic E-state index is 15.6. The predicted molar refractivity (Wildman–Crippen MR) is 152 cm³/mol. The van der Waals surface area contributed by atoms with Crippen LogP contribution in [0, 0.1) is 11.8 Å². The Hall–Kier alpha value is -4.63. The second-order valence-corrected chi connectivity index (χ2v) is 11.1. The fourth-order valence-electron chi connectivity index (χ4n) is 8.25. The second-order valence-electron chi connectivity index (χ2n) is 11.1. The monoisotopic (exact) mass is 504 g/mol. The van der Waals surface area contributed by atoms with Crippen molar-refractivity contribution in [2.45, 2.75) is 17.8 Å². The van der Waals surface area contributed by atoms with Crippen LogP contribution in [0.15, 0.2) is 121 Å². The predicted octanol–water partition coefficient (Wildman–Crippen LogP) is 6.49. The average Bonchev–Trinajstić information content (AvgIpc) is 3.37. The molecular weight excluding hydrogens is 480 g/mol. The first-order valence-electron chi connectivity index (χ1n) is 13.4. The van der Waals surface area contributed by atoms with E-state index in [0.717, 1.165) is 43.8 Å². The quantitative estimate of drug-likeness (QED) is 0.258. The van der Waals surface area contributed by atoms with Crippen LogP contribution in [0.5, 0.6) is 0 Å². The van der Waals surface area contributed by atoms with E-state index in [2.05, 4.69) is 24.3 Å².